The lowest BCUT2D eigenvalue weighted by Gasteiger charge is -2.03. The third-order valence-corrected chi connectivity index (χ3v) is 5.23. The summed E-state index contributed by atoms with van der Waals surface area (Å²) in [5.41, 5.74) is 1.45. The van der Waals surface area contributed by atoms with Gasteiger partial charge >= 0.3 is 0 Å². The van der Waals surface area contributed by atoms with E-state index in [1.165, 1.54) is 23.5 Å². The molecule has 0 aliphatic rings. The van der Waals surface area contributed by atoms with Gasteiger partial charge in [-0.25, -0.2) is 4.52 Å². The van der Waals surface area contributed by atoms with Crippen LogP contribution >= 0.6 is 22.9 Å². The number of thiazole rings is 1. The van der Waals surface area contributed by atoms with Gasteiger partial charge in [0.25, 0.3) is 17.5 Å². The van der Waals surface area contributed by atoms with Crippen LogP contribution in [-0.2, 0) is 0 Å². The van der Waals surface area contributed by atoms with E-state index in [4.69, 9.17) is 16.3 Å². The molecular formula is C18H12ClN5O4S. The zero-order chi connectivity index (χ0) is 20.5. The Morgan fingerprint density at radius 3 is 2.72 bits per heavy atom. The number of rotatable bonds is 5. The van der Waals surface area contributed by atoms with E-state index in [-0.39, 0.29) is 22.2 Å². The maximum atomic E-state index is 12.4. The Labute approximate surface area is 172 Å². The molecule has 0 aliphatic carbocycles. The summed E-state index contributed by atoms with van der Waals surface area (Å²) in [6.45, 7) is 0. The van der Waals surface area contributed by atoms with Gasteiger partial charge in [-0.1, -0.05) is 11.6 Å². The molecule has 0 bridgehead atoms. The molecule has 1 N–H and O–H groups in total. The number of hydrogen-bond donors (Lipinski definition) is 1. The predicted molar refractivity (Wildman–Crippen MR) is 109 cm³/mol. The van der Waals surface area contributed by atoms with Crippen molar-refractivity contribution < 1.29 is 14.5 Å². The van der Waals surface area contributed by atoms with Crippen molar-refractivity contribution in [2.24, 2.45) is 0 Å². The number of nitrogens with zero attached hydrogens (tertiary/aromatic N) is 4. The Morgan fingerprint density at radius 2 is 2.03 bits per heavy atom. The molecule has 0 saturated heterocycles. The van der Waals surface area contributed by atoms with E-state index in [9.17, 15) is 14.9 Å². The van der Waals surface area contributed by atoms with Crippen molar-refractivity contribution in [3.63, 3.8) is 0 Å². The molecule has 2 heterocycles. The molecule has 4 rings (SSSR count). The molecule has 146 valence electrons. The van der Waals surface area contributed by atoms with Crippen molar-refractivity contribution in [2.45, 2.75) is 0 Å². The predicted octanol–water partition coefficient (Wildman–Crippen LogP) is 4.28. The minimum absolute atomic E-state index is 0.0451. The second kappa shape index (κ2) is 7.49. The average molecular weight is 430 g/mol. The first-order chi connectivity index (χ1) is 14.0. The number of methoxy groups -OCH3 is 1. The van der Waals surface area contributed by atoms with E-state index in [0.29, 0.717) is 4.96 Å². The molecule has 2 aromatic carbocycles. The van der Waals surface area contributed by atoms with Gasteiger partial charge < -0.3 is 4.74 Å². The van der Waals surface area contributed by atoms with Crippen molar-refractivity contribution in [1.82, 2.24) is 14.6 Å². The van der Waals surface area contributed by atoms with Gasteiger partial charge in [0.1, 0.15) is 10.8 Å². The van der Waals surface area contributed by atoms with Gasteiger partial charge in [-0.3, -0.25) is 20.2 Å². The normalized spacial score (nSPS) is 10.8. The van der Waals surface area contributed by atoms with Gasteiger partial charge in [-0.2, -0.15) is 4.98 Å². The maximum absolute atomic E-state index is 12.4. The average Bonchev–Trinajstić information content (AvgIpc) is 3.28. The Balaban J connectivity index is 1.61. The first-order valence-electron chi connectivity index (χ1n) is 8.20. The fourth-order valence-electron chi connectivity index (χ4n) is 2.66. The quantitative estimate of drug-likeness (QED) is 0.374. The largest absolute Gasteiger partial charge is 0.497 e. The van der Waals surface area contributed by atoms with Gasteiger partial charge in [0.2, 0.25) is 4.96 Å². The van der Waals surface area contributed by atoms with Gasteiger partial charge in [0.15, 0.2) is 0 Å². The second-order valence-corrected chi connectivity index (χ2v) is 7.10. The lowest BCUT2D eigenvalue weighted by molar-refractivity contribution is -0.384. The third kappa shape index (κ3) is 3.62. The van der Waals surface area contributed by atoms with E-state index >= 15 is 0 Å². The molecule has 0 atom stereocenters. The Hall–Kier alpha value is -3.50. The molecule has 29 heavy (non-hydrogen) atoms. The summed E-state index contributed by atoms with van der Waals surface area (Å²) in [5, 5.41) is 19.7. The Kier molecular flexibility index (Phi) is 4.87. The summed E-state index contributed by atoms with van der Waals surface area (Å²) in [5.74, 6) is 0.257. The van der Waals surface area contributed by atoms with Crippen LogP contribution in [0.4, 0.5) is 11.6 Å². The van der Waals surface area contributed by atoms with E-state index in [1.807, 2.05) is 29.6 Å². The SMILES string of the molecule is COc1ccc(-c2csc3nc(NC(=O)c4ccc(Cl)c([N+](=O)[O-])c4)nn23)cc1. The molecular weight excluding hydrogens is 418 g/mol. The number of halogens is 1. The maximum Gasteiger partial charge on any atom is 0.288 e. The fraction of sp³-hybridized carbons (Fsp3) is 0.0556. The number of ether oxygens (including phenoxy) is 1. The number of amides is 1. The van der Waals surface area contributed by atoms with E-state index in [1.54, 1.807) is 11.6 Å². The molecule has 0 saturated carbocycles. The molecule has 4 aromatic rings. The van der Waals surface area contributed by atoms with Crippen LogP contribution in [0.2, 0.25) is 5.02 Å². The van der Waals surface area contributed by atoms with Crippen molar-refractivity contribution in [1.29, 1.82) is 0 Å². The number of aromatic nitrogens is 3. The summed E-state index contributed by atoms with van der Waals surface area (Å²) < 4.78 is 6.78. The highest BCUT2D eigenvalue weighted by Gasteiger charge is 2.18. The van der Waals surface area contributed by atoms with E-state index in [2.05, 4.69) is 15.4 Å². The number of carbonyl (C=O) groups is 1. The molecule has 0 spiro atoms. The first kappa shape index (κ1) is 18.8. The van der Waals surface area contributed by atoms with Crippen LogP contribution in [-0.4, -0.2) is 32.5 Å². The Bertz CT molecular complexity index is 1240. The zero-order valence-electron chi connectivity index (χ0n) is 14.8. The topological polar surface area (TPSA) is 112 Å². The summed E-state index contributed by atoms with van der Waals surface area (Å²) in [7, 11) is 1.60. The number of carbonyl (C=O) groups excluding carboxylic acids is 1. The molecule has 1 amide bonds. The van der Waals surface area contributed by atoms with E-state index < -0.39 is 10.8 Å². The van der Waals surface area contributed by atoms with Crippen molar-refractivity contribution >= 4 is 45.4 Å². The third-order valence-electron chi connectivity index (χ3n) is 4.10. The number of hydrogen-bond acceptors (Lipinski definition) is 7. The minimum atomic E-state index is -0.648. The lowest BCUT2D eigenvalue weighted by atomic mass is 10.2. The molecule has 2 aromatic heterocycles. The van der Waals surface area contributed by atoms with Crippen LogP contribution in [0.15, 0.2) is 47.8 Å². The van der Waals surface area contributed by atoms with Crippen molar-refractivity contribution in [3.8, 4) is 17.0 Å². The second-order valence-electron chi connectivity index (χ2n) is 5.86. The van der Waals surface area contributed by atoms with Crippen LogP contribution in [0.1, 0.15) is 10.4 Å². The highest BCUT2D eigenvalue weighted by Crippen LogP contribution is 2.28. The standard InChI is InChI=1S/C18H12ClN5O4S/c1-28-12-5-2-10(3-6-12)15-9-29-18-21-17(22-23(15)18)20-16(25)11-4-7-13(19)14(8-11)24(26)27/h2-9H,1H3,(H,20,22,25). The highest BCUT2D eigenvalue weighted by atomic mass is 35.5. The monoisotopic (exact) mass is 429 g/mol. The van der Waals surface area contributed by atoms with Crippen LogP contribution in [0, 0.1) is 10.1 Å². The molecule has 0 radical (unpaired) electrons. The van der Waals surface area contributed by atoms with Gasteiger partial charge in [0, 0.05) is 22.6 Å². The Morgan fingerprint density at radius 1 is 1.28 bits per heavy atom. The van der Waals surface area contributed by atoms with Crippen molar-refractivity contribution in [2.75, 3.05) is 12.4 Å². The highest BCUT2D eigenvalue weighted by molar-refractivity contribution is 7.15. The fourth-order valence-corrected chi connectivity index (χ4v) is 3.68. The summed E-state index contributed by atoms with van der Waals surface area (Å²) in [4.78, 5) is 27.7. The minimum Gasteiger partial charge on any atom is -0.497 e. The number of nitro benzene ring substituents is 1. The molecule has 0 fully saturated rings. The summed E-state index contributed by atoms with van der Waals surface area (Å²) in [6.07, 6.45) is 0. The van der Waals surface area contributed by atoms with Gasteiger partial charge in [-0.05, 0) is 36.4 Å². The number of fused-ring (bicyclic) bond motifs is 1. The number of anilines is 1. The van der Waals surface area contributed by atoms with Gasteiger partial charge in [-0.15, -0.1) is 16.4 Å². The number of nitro groups is 1. The molecule has 0 unspecified atom stereocenters. The first-order valence-corrected chi connectivity index (χ1v) is 9.46. The smallest absolute Gasteiger partial charge is 0.288 e. The zero-order valence-corrected chi connectivity index (χ0v) is 16.4. The number of nitrogens with one attached hydrogen (secondary N) is 1. The van der Waals surface area contributed by atoms with Crippen LogP contribution in [0.5, 0.6) is 5.75 Å². The van der Waals surface area contributed by atoms with Crippen LogP contribution in [0.25, 0.3) is 16.2 Å². The van der Waals surface area contributed by atoms with Crippen LogP contribution in [0.3, 0.4) is 0 Å². The van der Waals surface area contributed by atoms with Crippen molar-refractivity contribution in [3.05, 3.63) is 68.5 Å². The summed E-state index contributed by atoms with van der Waals surface area (Å²) in [6, 6.07) is 11.3. The van der Waals surface area contributed by atoms with Crippen LogP contribution < -0.4 is 10.1 Å². The molecule has 0 aliphatic heterocycles. The number of benzene rings is 2. The molecule has 11 heteroatoms. The van der Waals surface area contributed by atoms with Gasteiger partial charge in [0.05, 0.1) is 17.7 Å². The molecule has 9 nitrogen and oxygen atoms in total. The van der Waals surface area contributed by atoms with E-state index in [0.717, 1.165) is 23.1 Å². The lowest BCUT2D eigenvalue weighted by Crippen LogP contribution is -2.13. The summed E-state index contributed by atoms with van der Waals surface area (Å²) >= 11 is 7.15.